The summed E-state index contributed by atoms with van der Waals surface area (Å²) >= 11 is 0. The normalized spacial score (nSPS) is 12.6. The van der Waals surface area contributed by atoms with Crippen LogP contribution in [0.3, 0.4) is 0 Å². The van der Waals surface area contributed by atoms with Crippen molar-refractivity contribution >= 4 is 5.96 Å². The predicted molar refractivity (Wildman–Crippen MR) is 76.2 cm³/mol. The van der Waals surface area contributed by atoms with Gasteiger partial charge in [0.25, 0.3) is 0 Å². The van der Waals surface area contributed by atoms with Crippen LogP contribution >= 0.6 is 0 Å². The van der Waals surface area contributed by atoms with E-state index < -0.39 is 12.8 Å². The number of nitrogens with zero attached hydrogens (tertiary/aromatic N) is 1. The average molecular weight is 303 g/mol. The van der Waals surface area contributed by atoms with Crippen molar-refractivity contribution in [1.29, 1.82) is 0 Å². The van der Waals surface area contributed by atoms with E-state index in [1.165, 1.54) is 12.1 Å². The molecule has 0 aliphatic heterocycles. The van der Waals surface area contributed by atoms with Gasteiger partial charge in [-0.05, 0) is 23.6 Å². The zero-order chi connectivity index (χ0) is 15.9. The molecule has 0 unspecified atom stereocenters. The lowest BCUT2D eigenvalue weighted by Crippen LogP contribution is -2.34. The van der Waals surface area contributed by atoms with Crippen molar-refractivity contribution in [1.82, 2.24) is 5.32 Å². The first-order valence-corrected chi connectivity index (χ1v) is 6.58. The van der Waals surface area contributed by atoms with Gasteiger partial charge >= 0.3 is 6.18 Å². The molecule has 3 N–H and O–H groups in total. The molecule has 1 rings (SSSR count). The van der Waals surface area contributed by atoms with Gasteiger partial charge < -0.3 is 15.8 Å². The van der Waals surface area contributed by atoms with Crippen LogP contribution in [0.2, 0.25) is 0 Å². The van der Waals surface area contributed by atoms with Crippen LogP contribution in [-0.2, 0) is 6.54 Å². The fourth-order valence-corrected chi connectivity index (χ4v) is 1.40. The molecule has 0 saturated heterocycles. The summed E-state index contributed by atoms with van der Waals surface area (Å²) in [5.74, 6) is 0.982. The number of rotatable bonds is 6. The first-order chi connectivity index (χ1) is 9.76. The van der Waals surface area contributed by atoms with E-state index in [0.29, 0.717) is 18.4 Å². The van der Waals surface area contributed by atoms with Gasteiger partial charge in [-0.25, -0.2) is 4.99 Å². The number of nitrogens with one attached hydrogen (secondary N) is 1. The summed E-state index contributed by atoms with van der Waals surface area (Å²) in [5, 5.41) is 2.98. The van der Waals surface area contributed by atoms with E-state index in [4.69, 9.17) is 5.73 Å². The minimum Gasteiger partial charge on any atom is -0.484 e. The van der Waals surface area contributed by atoms with Gasteiger partial charge in [0.2, 0.25) is 0 Å². The number of benzene rings is 1. The smallest absolute Gasteiger partial charge is 0.422 e. The highest BCUT2D eigenvalue weighted by Gasteiger charge is 2.28. The van der Waals surface area contributed by atoms with Gasteiger partial charge in [0.15, 0.2) is 12.6 Å². The van der Waals surface area contributed by atoms with Crippen LogP contribution in [0.1, 0.15) is 19.4 Å². The number of aliphatic imine (C=N–C) groups is 1. The summed E-state index contributed by atoms with van der Waals surface area (Å²) in [7, 11) is 0. The highest BCUT2D eigenvalue weighted by atomic mass is 19.4. The van der Waals surface area contributed by atoms with E-state index in [-0.39, 0.29) is 5.75 Å². The van der Waals surface area contributed by atoms with E-state index in [9.17, 15) is 13.2 Å². The van der Waals surface area contributed by atoms with Gasteiger partial charge in [-0.15, -0.1) is 0 Å². The minimum absolute atomic E-state index is 0.172. The molecule has 1 aromatic rings. The Kier molecular flexibility index (Phi) is 6.33. The van der Waals surface area contributed by atoms with Crippen molar-refractivity contribution in [2.24, 2.45) is 16.6 Å². The first kappa shape index (κ1) is 17.1. The van der Waals surface area contributed by atoms with Crippen LogP contribution in [0.4, 0.5) is 13.2 Å². The summed E-state index contributed by atoms with van der Waals surface area (Å²) in [4.78, 5) is 4.14. The van der Waals surface area contributed by atoms with Gasteiger partial charge in [-0.3, -0.25) is 0 Å². The van der Waals surface area contributed by atoms with Gasteiger partial charge in [0.05, 0.1) is 6.54 Å². The van der Waals surface area contributed by atoms with Gasteiger partial charge in [0.1, 0.15) is 5.75 Å². The zero-order valence-electron chi connectivity index (χ0n) is 12.1. The highest BCUT2D eigenvalue weighted by molar-refractivity contribution is 5.77. The average Bonchev–Trinajstić information content (AvgIpc) is 2.41. The van der Waals surface area contributed by atoms with Gasteiger partial charge in [-0.2, -0.15) is 13.2 Å². The SMILES string of the molecule is CC(C)CNC(N)=NCc1ccc(OCC(F)(F)F)cc1. The monoisotopic (exact) mass is 303 g/mol. The molecule has 0 spiro atoms. The summed E-state index contributed by atoms with van der Waals surface area (Å²) in [5.41, 5.74) is 6.52. The van der Waals surface area contributed by atoms with E-state index in [1.807, 2.05) is 0 Å². The highest BCUT2D eigenvalue weighted by Crippen LogP contribution is 2.19. The molecule has 0 amide bonds. The van der Waals surface area contributed by atoms with E-state index >= 15 is 0 Å². The standard InChI is InChI=1S/C14H20F3N3O/c1-10(2)7-19-13(18)20-8-11-3-5-12(6-4-11)21-9-14(15,16)17/h3-6,10H,7-9H2,1-2H3,(H3,18,19,20). The lowest BCUT2D eigenvalue weighted by atomic mass is 10.2. The Balaban J connectivity index is 2.45. The molecule has 1 aromatic carbocycles. The van der Waals surface area contributed by atoms with Crippen LogP contribution in [0.5, 0.6) is 5.75 Å². The second-order valence-corrected chi connectivity index (χ2v) is 5.02. The summed E-state index contributed by atoms with van der Waals surface area (Å²) in [6, 6.07) is 6.28. The molecule has 0 aromatic heterocycles. The molecule has 118 valence electrons. The van der Waals surface area contributed by atoms with Crippen molar-refractivity contribution in [3.05, 3.63) is 29.8 Å². The molecule has 21 heavy (non-hydrogen) atoms. The maximum absolute atomic E-state index is 12.0. The molecule has 0 radical (unpaired) electrons. The topological polar surface area (TPSA) is 59.6 Å². The number of ether oxygens (including phenoxy) is 1. The first-order valence-electron chi connectivity index (χ1n) is 6.58. The summed E-state index contributed by atoms with van der Waals surface area (Å²) < 4.78 is 40.6. The second kappa shape index (κ2) is 7.75. The molecule has 0 atom stereocenters. The fourth-order valence-electron chi connectivity index (χ4n) is 1.40. The molecule has 7 heteroatoms. The van der Waals surface area contributed by atoms with Gasteiger partial charge in [-0.1, -0.05) is 26.0 Å². The van der Waals surface area contributed by atoms with Crippen molar-refractivity contribution < 1.29 is 17.9 Å². The minimum atomic E-state index is -4.33. The Morgan fingerprint density at radius 1 is 1.29 bits per heavy atom. The van der Waals surface area contributed by atoms with Crippen LogP contribution in [0, 0.1) is 5.92 Å². The Bertz CT molecular complexity index is 456. The Hall–Kier alpha value is -1.92. The van der Waals surface area contributed by atoms with Crippen molar-refractivity contribution in [3.8, 4) is 5.75 Å². The zero-order valence-corrected chi connectivity index (χ0v) is 12.1. The lowest BCUT2D eigenvalue weighted by Gasteiger charge is -2.09. The number of alkyl halides is 3. The molecule has 4 nitrogen and oxygen atoms in total. The van der Waals surface area contributed by atoms with Crippen LogP contribution in [-0.4, -0.2) is 25.3 Å². The van der Waals surface area contributed by atoms with Crippen LogP contribution in [0.25, 0.3) is 0 Å². The molecular weight excluding hydrogens is 283 g/mol. The molecule has 0 bridgehead atoms. The molecule has 0 saturated carbocycles. The third-order valence-corrected chi connectivity index (χ3v) is 2.45. The molecule has 0 aliphatic carbocycles. The molecule has 0 fully saturated rings. The number of hydrogen-bond donors (Lipinski definition) is 2. The third kappa shape index (κ3) is 8.06. The van der Waals surface area contributed by atoms with E-state index in [1.54, 1.807) is 12.1 Å². The van der Waals surface area contributed by atoms with Crippen molar-refractivity contribution in [3.63, 3.8) is 0 Å². The summed E-state index contributed by atoms with van der Waals surface area (Å²) in [6.45, 7) is 3.91. The maximum Gasteiger partial charge on any atom is 0.422 e. The number of hydrogen-bond acceptors (Lipinski definition) is 2. The number of guanidine groups is 1. The van der Waals surface area contributed by atoms with Crippen LogP contribution < -0.4 is 15.8 Å². The lowest BCUT2D eigenvalue weighted by molar-refractivity contribution is -0.153. The predicted octanol–water partition coefficient (Wildman–Crippen LogP) is 2.69. The molecular formula is C14H20F3N3O. The molecule has 0 aliphatic rings. The van der Waals surface area contributed by atoms with Gasteiger partial charge in [0, 0.05) is 6.54 Å². The third-order valence-electron chi connectivity index (χ3n) is 2.45. The summed E-state index contributed by atoms with van der Waals surface area (Å²) in [6.07, 6.45) is -4.33. The van der Waals surface area contributed by atoms with Crippen molar-refractivity contribution in [2.75, 3.05) is 13.2 Å². The van der Waals surface area contributed by atoms with E-state index in [0.717, 1.165) is 12.1 Å². The Morgan fingerprint density at radius 2 is 1.90 bits per heavy atom. The Morgan fingerprint density at radius 3 is 2.43 bits per heavy atom. The quantitative estimate of drug-likeness (QED) is 0.627. The van der Waals surface area contributed by atoms with E-state index in [2.05, 4.69) is 28.9 Å². The largest absolute Gasteiger partial charge is 0.484 e. The Labute approximate surface area is 122 Å². The van der Waals surface area contributed by atoms with Crippen molar-refractivity contribution in [2.45, 2.75) is 26.6 Å². The molecule has 0 heterocycles. The van der Waals surface area contributed by atoms with Crippen LogP contribution in [0.15, 0.2) is 29.3 Å². The number of nitrogens with two attached hydrogens (primary N) is 1. The second-order valence-electron chi connectivity index (χ2n) is 5.02. The maximum atomic E-state index is 12.0. The fraction of sp³-hybridized carbons (Fsp3) is 0.500. The number of halogens is 3.